The predicted octanol–water partition coefficient (Wildman–Crippen LogP) is 2.12. The second-order valence-corrected chi connectivity index (χ2v) is 8.69. The molecule has 2 aromatic rings. The minimum atomic E-state index is -1.53. The molecule has 3 heterocycles. The van der Waals surface area contributed by atoms with E-state index in [2.05, 4.69) is 22.7 Å². The first-order valence-corrected chi connectivity index (χ1v) is 11.0. The maximum Gasteiger partial charge on any atom is 0.279 e. The number of carbonyl (C=O) groups is 2. The van der Waals surface area contributed by atoms with Gasteiger partial charge < -0.3 is 5.32 Å². The molecule has 152 valence electrons. The SMILES string of the molecule is CCCCSC1=NN2C(=c3ccccc3=NC23C(=O)Nc2ccc(Cl)cc23)C(=O)N1. The van der Waals surface area contributed by atoms with Gasteiger partial charge in [-0.15, -0.1) is 5.10 Å². The Bertz CT molecular complexity index is 1240. The van der Waals surface area contributed by atoms with E-state index in [0.29, 0.717) is 37.7 Å². The van der Waals surface area contributed by atoms with Crippen LogP contribution in [0.25, 0.3) is 5.70 Å². The predicted molar refractivity (Wildman–Crippen MR) is 117 cm³/mol. The van der Waals surface area contributed by atoms with Crippen LogP contribution in [0.4, 0.5) is 5.69 Å². The zero-order valence-electron chi connectivity index (χ0n) is 16.1. The van der Waals surface area contributed by atoms with Crippen LogP contribution in [-0.4, -0.2) is 27.7 Å². The Balaban J connectivity index is 1.78. The van der Waals surface area contributed by atoms with Gasteiger partial charge in [0, 0.05) is 27.2 Å². The van der Waals surface area contributed by atoms with Gasteiger partial charge >= 0.3 is 0 Å². The van der Waals surface area contributed by atoms with Crippen LogP contribution in [0.3, 0.4) is 0 Å². The summed E-state index contributed by atoms with van der Waals surface area (Å²) in [5.74, 6) is 0.130. The first-order valence-electron chi connectivity index (χ1n) is 9.68. The first-order chi connectivity index (χ1) is 14.5. The van der Waals surface area contributed by atoms with Crippen molar-refractivity contribution < 1.29 is 9.59 Å². The third-order valence-electron chi connectivity index (χ3n) is 5.24. The normalized spacial score (nSPS) is 21.3. The topological polar surface area (TPSA) is 86.2 Å². The molecule has 0 radical (unpaired) electrons. The molecule has 3 aliphatic heterocycles. The lowest BCUT2D eigenvalue weighted by atomic mass is 9.97. The fraction of sp³-hybridized carbons (Fsp3) is 0.238. The largest absolute Gasteiger partial charge is 0.321 e. The summed E-state index contributed by atoms with van der Waals surface area (Å²) in [5, 5.41) is 14.0. The number of amides is 2. The first kappa shape index (κ1) is 19.1. The number of hydrogen-bond donors (Lipinski definition) is 2. The van der Waals surface area contributed by atoms with Gasteiger partial charge in [0.05, 0.1) is 5.36 Å². The van der Waals surface area contributed by atoms with Crippen LogP contribution in [-0.2, 0) is 15.3 Å². The summed E-state index contributed by atoms with van der Waals surface area (Å²) in [5.41, 5.74) is -0.0573. The molecule has 0 saturated carbocycles. The summed E-state index contributed by atoms with van der Waals surface area (Å²) in [7, 11) is 0. The van der Waals surface area contributed by atoms with Crippen molar-refractivity contribution in [2.24, 2.45) is 10.1 Å². The smallest absolute Gasteiger partial charge is 0.279 e. The van der Waals surface area contributed by atoms with Crippen LogP contribution in [0.2, 0.25) is 5.02 Å². The zero-order chi connectivity index (χ0) is 20.9. The average molecular weight is 440 g/mol. The standard InChI is InChI=1S/C21H18ClN5O2S/c1-2-3-10-30-20-24-18(28)17-13-6-4-5-7-15(13)25-21(27(17)26-20)14-11-12(22)8-9-16(14)23-19(21)29/h4-9,11H,2-3,10H2,1H3,(H,23,29)(H,24,26,28). The van der Waals surface area contributed by atoms with Crippen LogP contribution in [0.1, 0.15) is 25.3 Å². The quantitative estimate of drug-likeness (QED) is 0.717. The molecular formula is C21H18ClN5O2S. The van der Waals surface area contributed by atoms with E-state index in [9.17, 15) is 9.59 Å². The Morgan fingerprint density at radius 1 is 1.17 bits per heavy atom. The summed E-state index contributed by atoms with van der Waals surface area (Å²) in [6.07, 6.45) is 2.03. The van der Waals surface area contributed by atoms with Crippen molar-refractivity contribution in [3.05, 3.63) is 63.6 Å². The van der Waals surface area contributed by atoms with E-state index in [4.69, 9.17) is 16.6 Å². The van der Waals surface area contributed by atoms with Gasteiger partial charge in [0.1, 0.15) is 5.70 Å². The fourth-order valence-corrected chi connectivity index (χ4v) is 4.93. The molecule has 1 unspecified atom stereocenters. The minimum absolute atomic E-state index is 0.295. The Morgan fingerprint density at radius 3 is 2.83 bits per heavy atom. The number of fused-ring (bicyclic) bond motifs is 5. The maximum absolute atomic E-state index is 13.3. The van der Waals surface area contributed by atoms with Crippen LogP contribution in [0.15, 0.2) is 52.6 Å². The highest BCUT2D eigenvalue weighted by Crippen LogP contribution is 2.46. The van der Waals surface area contributed by atoms with Gasteiger partial charge in [-0.25, -0.2) is 10.0 Å². The molecule has 7 nitrogen and oxygen atoms in total. The lowest BCUT2D eigenvalue weighted by molar-refractivity contribution is -0.127. The molecule has 0 aliphatic carbocycles. The minimum Gasteiger partial charge on any atom is -0.321 e. The number of nitrogens with one attached hydrogen (secondary N) is 2. The second-order valence-electron chi connectivity index (χ2n) is 7.17. The van der Waals surface area contributed by atoms with Crippen LogP contribution in [0.5, 0.6) is 0 Å². The lowest BCUT2D eigenvalue weighted by Gasteiger charge is -2.39. The highest BCUT2D eigenvalue weighted by Gasteiger charge is 2.56. The van der Waals surface area contributed by atoms with Gasteiger partial charge in [-0.1, -0.05) is 54.9 Å². The Morgan fingerprint density at radius 2 is 2.00 bits per heavy atom. The van der Waals surface area contributed by atoms with Gasteiger partial charge in [-0.05, 0) is 30.7 Å². The number of carbonyl (C=O) groups excluding carboxylic acids is 2. The summed E-state index contributed by atoms with van der Waals surface area (Å²) >= 11 is 7.72. The molecule has 0 aromatic heterocycles. The number of unbranched alkanes of at least 4 members (excludes halogenated alkanes) is 1. The number of para-hydroxylation sites is 1. The van der Waals surface area contributed by atoms with Crippen LogP contribution >= 0.6 is 23.4 Å². The van der Waals surface area contributed by atoms with Crippen LogP contribution in [0, 0.1) is 0 Å². The molecule has 3 aliphatic rings. The third kappa shape index (κ3) is 2.74. The van der Waals surface area contributed by atoms with E-state index in [-0.39, 0.29) is 11.8 Å². The van der Waals surface area contributed by atoms with Crippen LogP contribution < -0.4 is 21.2 Å². The molecule has 1 atom stereocenters. The number of rotatable bonds is 3. The monoisotopic (exact) mass is 439 g/mol. The molecule has 2 amide bonds. The van der Waals surface area contributed by atoms with Crippen molar-refractivity contribution >= 4 is 51.7 Å². The number of anilines is 1. The fourth-order valence-electron chi connectivity index (χ4n) is 3.83. The van der Waals surface area contributed by atoms with Crippen molar-refractivity contribution in [3.8, 4) is 0 Å². The summed E-state index contributed by atoms with van der Waals surface area (Å²) in [4.78, 5) is 31.4. The van der Waals surface area contributed by atoms with Crippen molar-refractivity contribution in [2.75, 3.05) is 11.1 Å². The van der Waals surface area contributed by atoms with E-state index in [1.807, 2.05) is 18.2 Å². The van der Waals surface area contributed by atoms with Crippen molar-refractivity contribution in [1.29, 1.82) is 0 Å². The second kappa shape index (κ2) is 7.14. The number of thioether (sulfide) groups is 1. The van der Waals surface area contributed by atoms with Gasteiger partial charge in [0.25, 0.3) is 17.5 Å². The van der Waals surface area contributed by atoms with E-state index in [1.165, 1.54) is 16.8 Å². The number of benzene rings is 2. The lowest BCUT2D eigenvalue weighted by Crippen LogP contribution is -2.59. The Hall–Kier alpha value is -2.84. The molecule has 0 saturated heterocycles. The number of amidine groups is 1. The van der Waals surface area contributed by atoms with E-state index in [0.717, 1.165) is 18.6 Å². The molecule has 0 fully saturated rings. The van der Waals surface area contributed by atoms with Gasteiger partial charge in [0.15, 0.2) is 5.17 Å². The Labute approximate surface area is 181 Å². The van der Waals surface area contributed by atoms with Gasteiger partial charge in [-0.3, -0.25) is 14.9 Å². The van der Waals surface area contributed by atoms with E-state index in [1.54, 1.807) is 24.3 Å². The number of nitrogens with zero attached hydrogens (tertiary/aromatic N) is 3. The van der Waals surface area contributed by atoms with Gasteiger partial charge in [-0.2, -0.15) is 0 Å². The highest BCUT2D eigenvalue weighted by molar-refractivity contribution is 8.13. The molecule has 5 rings (SSSR count). The highest BCUT2D eigenvalue weighted by atomic mass is 35.5. The van der Waals surface area contributed by atoms with Crippen molar-refractivity contribution in [2.45, 2.75) is 25.4 Å². The summed E-state index contributed by atoms with van der Waals surface area (Å²) < 4.78 is 0. The van der Waals surface area contributed by atoms with E-state index < -0.39 is 5.66 Å². The number of hydrogen-bond acceptors (Lipinski definition) is 6. The number of hydrazone groups is 1. The third-order valence-corrected chi connectivity index (χ3v) is 6.43. The maximum atomic E-state index is 13.3. The molecule has 0 bridgehead atoms. The van der Waals surface area contributed by atoms with Crippen molar-refractivity contribution in [3.63, 3.8) is 0 Å². The molecule has 9 heteroatoms. The molecule has 1 spiro atoms. The molecule has 30 heavy (non-hydrogen) atoms. The number of halogens is 1. The zero-order valence-corrected chi connectivity index (χ0v) is 17.7. The molecule has 2 N–H and O–H groups in total. The van der Waals surface area contributed by atoms with E-state index >= 15 is 0 Å². The summed E-state index contributed by atoms with van der Waals surface area (Å²) in [6.45, 7) is 2.10. The van der Waals surface area contributed by atoms with Gasteiger partial charge in [0.2, 0.25) is 0 Å². The van der Waals surface area contributed by atoms with Crippen molar-refractivity contribution in [1.82, 2.24) is 10.3 Å². The molecular weight excluding hydrogens is 422 g/mol. The molecule has 2 aromatic carbocycles. The Kier molecular flexibility index (Phi) is 4.56. The average Bonchev–Trinajstić information content (AvgIpc) is 3.00. The summed E-state index contributed by atoms with van der Waals surface area (Å²) in [6, 6.07) is 12.4.